The Morgan fingerprint density at radius 3 is 2.63 bits per heavy atom. The smallest absolute Gasteiger partial charge is 0.318 e. The number of halogens is 2. The van der Waals surface area contributed by atoms with E-state index in [1.54, 1.807) is 36.0 Å². The molecule has 2 aromatic carbocycles. The number of carbonyl (C=O) groups is 3. The van der Waals surface area contributed by atoms with Gasteiger partial charge in [-0.2, -0.15) is 5.10 Å². The third kappa shape index (κ3) is 5.12. The predicted molar refractivity (Wildman–Crippen MR) is 129 cm³/mol. The fourth-order valence-electron chi connectivity index (χ4n) is 4.00. The molecule has 0 fully saturated rings. The van der Waals surface area contributed by atoms with E-state index in [1.165, 1.54) is 28.0 Å². The lowest BCUT2D eigenvalue weighted by molar-refractivity contribution is -0.117. The molecule has 1 aliphatic heterocycles. The molecule has 0 bridgehead atoms. The van der Waals surface area contributed by atoms with Crippen LogP contribution in [-0.4, -0.2) is 51.7 Å². The number of urea groups is 1. The molecule has 3 aromatic rings. The van der Waals surface area contributed by atoms with Gasteiger partial charge in [0.2, 0.25) is 5.91 Å². The first-order valence-electron chi connectivity index (χ1n) is 10.9. The van der Waals surface area contributed by atoms with E-state index in [4.69, 9.17) is 17.3 Å². The van der Waals surface area contributed by atoms with Crippen LogP contribution < -0.4 is 16.0 Å². The minimum Gasteiger partial charge on any atom is -0.368 e. The van der Waals surface area contributed by atoms with Crippen molar-refractivity contribution in [3.8, 4) is 5.69 Å². The van der Waals surface area contributed by atoms with Gasteiger partial charge in [0.1, 0.15) is 5.82 Å². The van der Waals surface area contributed by atoms with Crippen molar-refractivity contribution in [2.45, 2.75) is 26.4 Å². The zero-order valence-corrected chi connectivity index (χ0v) is 19.9. The first kappa shape index (κ1) is 24.2. The third-order valence-corrected chi connectivity index (χ3v) is 6.05. The lowest BCUT2D eigenvalue weighted by atomic mass is 10.1. The van der Waals surface area contributed by atoms with E-state index >= 15 is 0 Å². The van der Waals surface area contributed by atoms with Gasteiger partial charge in [-0.3, -0.25) is 9.59 Å². The number of primary amides is 1. The van der Waals surface area contributed by atoms with E-state index in [9.17, 15) is 18.8 Å². The number of aryl methyl sites for hydroxylation is 1. The van der Waals surface area contributed by atoms with Crippen LogP contribution in [0, 0.1) is 12.7 Å². The van der Waals surface area contributed by atoms with Crippen LogP contribution in [0.25, 0.3) is 5.69 Å². The summed E-state index contributed by atoms with van der Waals surface area (Å²) in [6, 6.07) is 9.91. The maximum atomic E-state index is 14.1. The number of aromatic nitrogens is 2. The Bertz CT molecular complexity index is 1310. The van der Waals surface area contributed by atoms with Gasteiger partial charge in [-0.15, -0.1) is 0 Å². The van der Waals surface area contributed by atoms with Gasteiger partial charge in [-0.25, -0.2) is 13.9 Å². The highest BCUT2D eigenvalue weighted by Gasteiger charge is 2.32. The summed E-state index contributed by atoms with van der Waals surface area (Å²) in [6.07, 6.45) is 1.79. The Morgan fingerprint density at radius 2 is 1.97 bits per heavy atom. The zero-order valence-electron chi connectivity index (χ0n) is 19.2. The summed E-state index contributed by atoms with van der Waals surface area (Å²) in [6.45, 7) is 3.45. The number of benzene rings is 2. The summed E-state index contributed by atoms with van der Waals surface area (Å²) in [5.74, 6) is -1.58. The molecule has 4 amide bonds. The van der Waals surface area contributed by atoms with Crippen molar-refractivity contribution in [2.75, 3.05) is 18.0 Å². The molecule has 2 heterocycles. The highest BCUT2D eigenvalue weighted by Crippen LogP contribution is 2.31. The Balaban J connectivity index is 1.67. The van der Waals surface area contributed by atoms with Crippen LogP contribution in [0.4, 0.5) is 14.9 Å². The summed E-state index contributed by atoms with van der Waals surface area (Å²) in [5.41, 5.74) is 7.84. The van der Waals surface area contributed by atoms with Gasteiger partial charge in [0.25, 0.3) is 5.91 Å². The average molecular weight is 499 g/mol. The minimum atomic E-state index is -0.688. The molecule has 0 unspecified atom stereocenters. The molecular formula is C24H24ClFN6O3. The van der Waals surface area contributed by atoms with Crippen LogP contribution in [0.1, 0.15) is 28.5 Å². The van der Waals surface area contributed by atoms with Gasteiger partial charge in [-0.1, -0.05) is 11.6 Å². The molecule has 35 heavy (non-hydrogen) atoms. The van der Waals surface area contributed by atoms with Crippen LogP contribution >= 0.6 is 11.6 Å². The van der Waals surface area contributed by atoms with Gasteiger partial charge in [0.15, 0.2) is 0 Å². The molecule has 1 aliphatic rings. The average Bonchev–Trinajstić information content (AvgIpc) is 3.19. The molecule has 0 spiro atoms. The molecular weight excluding hydrogens is 475 g/mol. The van der Waals surface area contributed by atoms with Crippen molar-refractivity contribution in [1.82, 2.24) is 20.0 Å². The van der Waals surface area contributed by atoms with Crippen LogP contribution in [0.15, 0.2) is 48.7 Å². The van der Waals surface area contributed by atoms with E-state index in [1.807, 2.05) is 13.0 Å². The molecule has 0 saturated heterocycles. The Kier molecular flexibility index (Phi) is 6.74. The number of amides is 4. The van der Waals surface area contributed by atoms with E-state index in [0.29, 0.717) is 16.9 Å². The number of nitrogens with two attached hydrogens (primary N) is 1. The topological polar surface area (TPSA) is 114 Å². The second-order valence-electron chi connectivity index (χ2n) is 8.36. The number of anilines is 1. The molecule has 0 radical (unpaired) electrons. The Morgan fingerprint density at radius 1 is 1.20 bits per heavy atom. The van der Waals surface area contributed by atoms with Crippen LogP contribution in [-0.2, 0) is 11.3 Å². The van der Waals surface area contributed by atoms with Gasteiger partial charge in [-0.05, 0) is 61.9 Å². The van der Waals surface area contributed by atoms with Gasteiger partial charge in [0, 0.05) is 31.0 Å². The maximum absolute atomic E-state index is 14.1. The first-order chi connectivity index (χ1) is 16.6. The third-order valence-electron chi connectivity index (χ3n) is 5.74. The molecule has 3 N–H and O–H groups in total. The first-order valence-corrected chi connectivity index (χ1v) is 11.3. The van der Waals surface area contributed by atoms with Crippen LogP contribution in [0.5, 0.6) is 0 Å². The maximum Gasteiger partial charge on any atom is 0.318 e. The SMILES string of the molecule is Cc1ccn(-c2ccc(C(=O)N3C[C@@H](C)N(C(=O)NCC(N)=O)Cc4cc(F)ccc43)c(Cl)c2)n1. The van der Waals surface area contributed by atoms with Gasteiger partial charge < -0.3 is 20.9 Å². The van der Waals surface area contributed by atoms with E-state index in [-0.39, 0.29) is 30.2 Å². The van der Waals surface area contributed by atoms with Crippen molar-refractivity contribution in [1.29, 1.82) is 0 Å². The number of nitrogens with zero attached hydrogens (tertiary/aromatic N) is 4. The number of nitrogens with one attached hydrogen (secondary N) is 1. The van der Waals surface area contributed by atoms with E-state index in [0.717, 1.165) is 5.69 Å². The Hall–Kier alpha value is -3.92. The van der Waals surface area contributed by atoms with Crippen molar-refractivity contribution >= 4 is 35.1 Å². The lowest BCUT2D eigenvalue weighted by Crippen LogP contribution is -2.49. The second-order valence-corrected chi connectivity index (χ2v) is 8.76. The fraction of sp³-hybridized carbons (Fsp3) is 0.250. The molecule has 9 nitrogen and oxygen atoms in total. The zero-order chi connectivity index (χ0) is 25.3. The van der Waals surface area contributed by atoms with Gasteiger partial charge in [0.05, 0.1) is 28.5 Å². The number of carbonyl (C=O) groups excluding carboxylic acids is 3. The van der Waals surface area contributed by atoms with Crippen molar-refractivity contribution < 1.29 is 18.8 Å². The normalized spacial score (nSPS) is 15.4. The van der Waals surface area contributed by atoms with E-state index in [2.05, 4.69) is 10.4 Å². The van der Waals surface area contributed by atoms with Crippen LogP contribution in [0.2, 0.25) is 5.02 Å². The summed E-state index contributed by atoms with van der Waals surface area (Å²) < 4.78 is 15.8. The summed E-state index contributed by atoms with van der Waals surface area (Å²) in [4.78, 5) is 40.4. The van der Waals surface area contributed by atoms with E-state index < -0.39 is 29.7 Å². The highest BCUT2D eigenvalue weighted by molar-refractivity contribution is 6.34. The molecule has 0 saturated carbocycles. The predicted octanol–water partition coefficient (Wildman–Crippen LogP) is 3.02. The molecule has 4 rings (SSSR count). The second kappa shape index (κ2) is 9.75. The molecule has 1 aromatic heterocycles. The fourth-order valence-corrected chi connectivity index (χ4v) is 4.25. The summed E-state index contributed by atoms with van der Waals surface area (Å²) >= 11 is 6.51. The van der Waals surface area contributed by atoms with Gasteiger partial charge >= 0.3 is 6.03 Å². The standard InChI is InChI=1S/C24H24ClFN6O3/c1-14-7-8-32(29-14)18-4-5-19(20(25)10-18)23(34)31-12-15(2)30(24(35)28-11-22(27)33)13-16-9-17(26)3-6-21(16)31/h3-10,15H,11-13H2,1-2H3,(H2,27,33)(H,28,35)/t15-/m1/s1. The number of fused-ring (bicyclic) bond motifs is 1. The quantitative estimate of drug-likeness (QED) is 0.575. The molecule has 1 atom stereocenters. The number of hydrogen-bond acceptors (Lipinski definition) is 4. The van der Waals surface area contributed by atoms with Crippen molar-refractivity contribution in [3.05, 3.63) is 76.3 Å². The highest BCUT2D eigenvalue weighted by atomic mass is 35.5. The van der Waals surface area contributed by atoms with Crippen LogP contribution in [0.3, 0.4) is 0 Å². The monoisotopic (exact) mass is 498 g/mol. The number of hydrogen-bond donors (Lipinski definition) is 2. The number of rotatable bonds is 4. The largest absolute Gasteiger partial charge is 0.368 e. The molecule has 182 valence electrons. The summed E-state index contributed by atoms with van der Waals surface area (Å²) in [7, 11) is 0. The summed E-state index contributed by atoms with van der Waals surface area (Å²) in [5, 5.41) is 7.04. The molecule has 0 aliphatic carbocycles. The van der Waals surface area contributed by atoms with Crippen molar-refractivity contribution in [2.24, 2.45) is 5.73 Å². The Labute approximate surface area is 206 Å². The van der Waals surface area contributed by atoms with Crippen molar-refractivity contribution in [3.63, 3.8) is 0 Å². The minimum absolute atomic E-state index is 0.0357. The molecule has 11 heteroatoms. The lowest BCUT2D eigenvalue weighted by Gasteiger charge is -2.29.